The molecule has 0 saturated carbocycles. The number of aromatic hydroxyl groups is 1. The molecule has 0 heterocycles. The Bertz CT molecular complexity index is 1030. The molecule has 8 heteroatoms. The van der Waals surface area contributed by atoms with Crippen molar-refractivity contribution in [2.75, 3.05) is 32.7 Å². The monoisotopic (exact) mass is 485 g/mol. The van der Waals surface area contributed by atoms with E-state index in [1.54, 1.807) is 24.3 Å². The van der Waals surface area contributed by atoms with Crippen LogP contribution in [0.4, 0.5) is 0 Å². The van der Waals surface area contributed by atoms with Gasteiger partial charge in [0.25, 0.3) is 7.37 Å². The summed E-state index contributed by atoms with van der Waals surface area (Å²) < 4.78 is 30.1. The van der Waals surface area contributed by atoms with Crippen LogP contribution in [-0.2, 0) is 15.5 Å². The molecule has 34 heavy (non-hydrogen) atoms. The zero-order valence-corrected chi connectivity index (χ0v) is 20.2. The lowest BCUT2D eigenvalue weighted by Crippen LogP contribution is -2.32. The van der Waals surface area contributed by atoms with Gasteiger partial charge in [-0.3, -0.25) is 4.57 Å². The standard InChI is InChI=1S/C26H32NO6P/c1-2-33-34(30,26-6-4-3-5-7-26)20-32-25-12-8-21(9-13-25)16-17-27-18-23(29)19-31-24-14-10-22(28)11-15-24/h3-15,23,27-29H,2,16-20H2,1H3. The summed E-state index contributed by atoms with van der Waals surface area (Å²) in [4.78, 5) is 0. The van der Waals surface area contributed by atoms with Crippen molar-refractivity contribution in [2.24, 2.45) is 0 Å². The van der Waals surface area contributed by atoms with Crippen molar-refractivity contribution in [3.8, 4) is 17.2 Å². The lowest BCUT2D eigenvalue weighted by molar-refractivity contribution is 0.106. The number of aliphatic hydroxyl groups excluding tert-OH is 1. The van der Waals surface area contributed by atoms with E-state index in [-0.39, 0.29) is 18.7 Å². The summed E-state index contributed by atoms with van der Waals surface area (Å²) in [7, 11) is -3.09. The summed E-state index contributed by atoms with van der Waals surface area (Å²) in [6.07, 6.45) is 0.124. The molecular weight excluding hydrogens is 453 g/mol. The van der Waals surface area contributed by atoms with Crippen LogP contribution in [0.1, 0.15) is 12.5 Å². The SMILES string of the molecule is CCOP(=O)(COc1ccc(CCNCC(O)COc2ccc(O)cc2)cc1)c1ccccc1. The fraction of sp³-hybridized carbons (Fsp3) is 0.308. The Labute approximate surface area is 200 Å². The smallest absolute Gasteiger partial charge is 0.268 e. The van der Waals surface area contributed by atoms with Crippen LogP contribution in [-0.4, -0.2) is 49.0 Å². The molecule has 2 unspecified atom stereocenters. The van der Waals surface area contributed by atoms with E-state index in [4.69, 9.17) is 14.0 Å². The van der Waals surface area contributed by atoms with Crippen LogP contribution in [0, 0.1) is 0 Å². The van der Waals surface area contributed by atoms with Crippen molar-refractivity contribution in [2.45, 2.75) is 19.4 Å². The number of phenols is 1. The van der Waals surface area contributed by atoms with E-state index >= 15 is 0 Å². The Morgan fingerprint density at radius 3 is 2.24 bits per heavy atom. The molecule has 2 atom stereocenters. The molecule has 0 bridgehead atoms. The Morgan fingerprint density at radius 1 is 0.912 bits per heavy atom. The summed E-state index contributed by atoms with van der Waals surface area (Å²) in [5.41, 5.74) is 1.12. The number of aliphatic hydroxyl groups is 1. The van der Waals surface area contributed by atoms with Crippen LogP contribution in [0.25, 0.3) is 0 Å². The molecule has 0 saturated heterocycles. The minimum Gasteiger partial charge on any atom is -0.508 e. The molecule has 0 radical (unpaired) electrons. The number of phenolic OH excluding ortho intramolecular Hbond substituents is 1. The lowest BCUT2D eigenvalue weighted by Gasteiger charge is -2.18. The highest BCUT2D eigenvalue weighted by atomic mass is 31.2. The van der Waals surface area contributed by atoms with Crippen molar-refractivity contribution < 1.29 is 28.8 Å². The van der Waals surface area contributed by atoms with E-state index in [1.165, 1.54) is 12.1 Å². The van der Waals surface area contributed by atoms with Crippen molar-refractivity contribution in [3.05, 3.63) is 84.4 Å². The van der Waals surface area contributed by atoms with E-state index in [2.05, 4.69) is 5.32 Å². The number of nitrogens with one attached hydrogen (secondary N) is 1. The number of hydrogen-bond donors (Lipinski definition) is 3. The highest BCUT2D eigenvalue weighted by molar-refractivity contribution is 7.66. The van der Waals surface area contributed by atoms with E-state index in [9.17, 15) is 14.8 Å². The maximum absolute atomic E-state index is 13.2. The van der Waals surface area contributed by atoms with Gasteiger partial charge in [0, 0.05) is 11.8 Å². The van der Waals surface area contributed by atoms with Gasteiger partial charge in [0.2, 0.25) is 0 Å². The highest BCUT2D eigenvalue weighted by Gasteiger charge is 2.26. The summed E-state index contributed by atoms with van der Waals surface area (Å²) in [6.45, 7) is 3.44. The Balaban J connectivity index is 1.38. The fourth-order valence-corrected chi connectivity index (χ4v) is 4.99. The van der Waals surface area contributed by atoms with Gasteiger partial charge < -0.3 is 29.5 Å². The molecule has 3 N–H and O–H groups in total. The van der Waals surface area contributed by atoms with Crippen molar-refractivity contribution in [3.63, 3.8) is 0 Å². The zero-order valence-electron chi connectivity index (χ0n) is 19.3. The Kier molecular flexibility index (Phi) is 9.98. The van der Waals surface area contributed by atoms with E-state index < -0.39 is 13.5 Å². The van der Waals surface area contributed by atoms with Gasteiger partial charge in [-0.05, 0) is 74.0 Å². The molecule has 0 aromatic heterocycles. The first-order valence-corrected chi connectivity index (χ1v) is 13.1. The molecule has 3 aromatic rings. The van der Waals surface area contributed by atoms with Gasteiger partial charge in [-0.2, -0.15) is 0 Å². The molecule has 3 aromatic carbocycles. The molecule has 0 aliphatic carbocycles. The highest BCUT2D eigenvalue weighted by Crippen LogP contribution is 2.45. The number of rotatable bonds is 14. The topological polar surface area (TPSA) is 97.3 Å². The average molecular weight is 486 g/mol. The minimum atomic E-state index is -3.09. The van der Waals surface area contributed by atoms with E-state index in [0.29, 0.717) is 36.5 Å². The van der Waals surface area contributed by atoms with Gasteiger partial charge >= 0.3 is 0 Å². The predicted molar refractivity (Wildman–Crippen MR) is 133 cm³/mol. The predicted octanol–water partition coefficient (Wildman–Crippen LogP) is 3.94. The van der Waals surface area contributed by atoms with Crippen LogP contribution in [0.2, 0.25) is 0 Å². The first kappa shape index (κ1) is 25.8. The van der Waals surface area contributed by atoms with Gasteiger partial charge in [0.05, 0.1) is 6.61 Å². The second-order valence-electron chi connectivity index (χ2n) is 7.76. The number of ether oxygens (including phenoxy) is 2. The quantitative estimate of drug-likeness (QED) is 0.235. The molecular formula is C26H32NO6P. The van der Waals surface area contributed by atoms with Crippen molar-refractivity contribution >= 4 is 12.7 Å². The molecule has 3 rings (SSSR count). The minimum absolute atomic E-state index is 0.0180. The second kappa shape index (κ2) is 13.2. The third kappa shape index (κ3) is 8.19. The van der Waals surface area contributed by atoms with Crippen LogP contribution in [0.3, 0.4) is 0 Å². The molecule has 7 nitrogen and oxygen atoms in total. The normalized spacial score (nSPS) is 13.7. The van der Waals surface area contributed by atoms with Gasteiger partial charge in [0.1, 0.15) is 30.0 Å². The van der Waals surface area contributed by atoms with Crippen LogP contribution in [0.5, 0.6) is 17.2 Å². The molecule has 0 aliphatic rings. The summed E-state index contributed by atoms with van der Waals surface area (Å²) in [5.74, 6) is 1.40. The molecule has 182 valence electrons. The second-order valence-corrected chi connectivity index (χ2v) is 10.1. The number of benzene rings is 3. The largest absolute Gasteiger partial charge is 0.508 e. The van der Waals surface area contributed by atoms with Gasteiger partial charge in [-0.1, -0.05) is 30.3 Å². The molecule has 0 spiro atoms. The van der Waals surface area contributed by atoms with Crippen molar-refractivity contribution in [1.29, 1.82) is 0 Å². The number of hydrogen-bond acceptors (Lipinski definition) is 7. The first-order valence-electron chi connectivity index (χ1n) is 11.3. The van der Waals surface area contributed by atoms with Gasteiger partial charge in [0.15, 0.2) is 6.35 Å². The molecule has 0 aliphatic heterocycles. The van der Waals surface area contributed by atoms with Gasteiger partial charge in [-0.15, -0.1) is 0 Å². The van der Waals surface area contributed by atoms with Crippen LogP contribution < -0.4 is 20.1 Å². The van der Waals surface area contributed by atoms with E-state index in [0.717, 1.165) is 12.0 Å². The average Bonchev–Trinajstić information content (AvgIpc) is 2.86. The molecule has 0 amide bonds. The maximum atomic E-state index is 13.2. The van der Waals surface area contributed by atoms with E-state index in [1.807, 2.05) is 49.4 Å². The van der Waals surface area contributed by atoms with Crippen LogP contribution >= 0.6 is 7.37 Å². The summed E-state index contributed by atoms with van der Waals surface area (Å²) >= 11 is 0. The lowest BCUT2D eigenvalue weighted by atomic mass is 10.1. The summed E-state index contributed by atoms with van der Waals surface area (Å²) in [5, 5.41) is 23.2. The van der Waals surface area contributed by atoms with Crippen molar-refractivity contribution in [1.82, 2.24) is 5.32 Å². The third-order valence-electron chi connectivity index (χ3n) is 5.06. The third-order valence-corrected chi connectivity index (χ3v) is 7.29. The summed E-state index contributed by atoms with van der Waals surface area (Å²) in [6, 6.07) is 23.2. The Hall–Kier alpha value is -2.83. The molecule has 0 fully saturated rings. The first-order chi connectivity index (χ1) is 16.5. The zero-order chi connectivity index (χ0) is 24.2. The van der Waals surface area contributed by atoms with Gasteiger partial charge in [-0.25, -0.2) is 0 Å². The maximum Gasteiger partial charge on any atom is 0.268 e. The fourth-order valence-electron chi connectivity index (χ4n) is 3.26. The Morgan fingerprint density at radius 2 is 1.56 bits per heavy atom. The van der Waals surface area contributed by atoms with Crippen LogP contribution in [0.15, 0.2) is 78.9 Å².